The van der Waals surface area contributed by atoms with Crippen molar-refractivity contribution in [3.8, 4) is 17.2 Å². The first-order valence-electron chi connectivity index (χ1n) is 8.50. The van der Waals surface area contributed by atoms with Crippen LogP contribution < -0.4 is 24.8 Å². The van der Waals surface area contributed by atoms with Gasteiger partial charge in [-0.25, -0.2) is 0 Å². The lowest BCUT2D eigenvalue weighted by molar-refractivity contribution is 0.0698. The predicted molar refractivity (Wildman–Crippen MR) is 117 cm³/mol. The van der Waals surface area contributed by atoms with Crippen LogP contribution in [0.15, 0.2) is 17.1 Å². The van der Waals surface area contributed by atoms with E-state index in [0.29, 0.717) is 49.6 Å². The first-order chi connectivity index (χ1) is 12.7. The Balaban J connectivity index is 0.00000676. The van der Waals surface area contributed by atoms with Crippen LogP contribution in [0.1, 0.15) is 12.0 Å². The van der Waals surface area contributed by atoms with E-state index in [-0.39, 0.29) is 24.0 Å². The molecule has 1 rings (SSSR count). The molecule has 0 amide bonds. The zero-order valence-electron chi connectivity index (χ0n) is 16.8. The summed E-state index contributed by atoms with van der Waals surface area (Å²) in [5.41, 5.74) is 0.890. The number of methoxy groups -OCH3 is 4. The maximum Gasteiger partial charge on any atom is 0.191 e. The van der Waals surface area contributed by atoms with Gasteiger partial charge in [0.1, 0.15) is 17.2 Å². The van der Waals surface area contributed by atoms with E-state index in [1.54, 1.807) is 35.5 Å². The average Bonchev–Trinajstić information content (AvgIpc) is 2.68. The number of benzene rings is 1. The molecule has 0 atom stereocenters. The van der Waals surface area contributed by atoms with Crippen molar-refractivity contribution in [2.75, 3.05) is 61.9 Å². The third kappa shape index (κ3) is 9.34. The highest BCUT2D eigenvalue weighted by atomic mass is 127. The normalized spacial score (nSPS) is 10.8. The monoisotopic (exact) mass is 497 g/mol. The molecular formula is C18H32IN3O5. The second kappa shape index (κ2) is 15.6. The van der Waals surface area contributed by atoms with E-state index in [9.17, 15) is 0 Å². The zero-order valence-corrected chi connectivity index (χ0v) is 19.1. The molecule has 2 N–H and O–H groups in total. The second-order valence-corrected chi connectivity index (χ2v) is 5.32. The fourth-order valence-electron chi connectivity index (χ4n) is 2.27. The fourth-order valence-corrected chi connectivity index (χ4v) is 2.27. The van der Waals surface area contributed by atoms with Gasteiger partial charge in [0.25, 0.3) is 0 Å². The third-order valence-electron chi connectivity index (χ3n) is 3.66. The van der Waals surface area contributed by atoms with Crippen LogP contribution in [-0.4, -0.2) is 67.8 Å². The molecule has 0 aliphatic carbocycles. The van der Waals surface area contributed by atoms with Gasteiger partial charge in [0, 0.05) is 39.4 Å². The van der Waals surface area contributed by atoms with Crippen molar-refractivity contribution in [3.05, 3.63) is 17.7 Å². The van der Waals surface area contributed by atoms with Crippen LogP contribution in [0, 0.1) is 0 Å². The van der Waals surface area contributed by atoms with E-state index in [1.165, 1.54) is 0 Å². The van der Waals surface area contributed by atoms with Crippen molar-refractivity contribution in [2.24, 2.45) is 4.99 Å². The van der Waals surface area contributed by atoms with Crippen LogP contribution >= 0.6 is 24.0 Å². The maximum atomic E-state index is 5.45. The summed E-state index contributed by atoms with van der Waals surface area (Å²) < 4.78 is 26.5. The molecule has 0 heterocycles. The lowest BCUT2D eigenvalue weighted by Crippen LogP contribution is -2.37. The smallest absolute Gasteiger partial charge is 0.191 e. The molecule has 27 heavy (non-hydrogen) atoms. The quantitative estimate of drug-likeness (QED) is 0.198. The SMILES string of the molecule is CN=C(NCCCOCCOC)NCc1c(OC)cc(OC)cc1OC.I. The summed E-state index contributed by atoms with van der Waals surface area (Å²) in [5.74, 6) is 2.76. The predicted octanol–water partition coefficient (Wildman–Crippen LogP) is 2.05. The molecule has 8 nitrogen and oxygen atoms in total. The largest absolute Gasteiger partial charge is 0.496 e. The van der Waals surface area contributed by atoms with Crippen molar-refractivity contribution in [1.29, 1.82) is 0 Å². The summed E-state index contributed by atoms with van der Waals surface area (Å²) in [7, 11) is 8.24. The standard InChI is InChI=1S/C18H31N3O5.HI/c1-19-18(20-7-6-8-26-10-9-22-2)21-13-15-16(24-4)11-14(23-3)12-17(15)25-5;/h11-12H,6-10,13H2,1-5H3,(H2,19,20,21);1H. The molecule has 0 bridgehead atoms. The number of guanidine groups is 1. The molecule has 0 aliphatic heterocycles. The molecule has 156 valence electrons. The molecule has 0 saturated carbocycles. The van der Waals surface area contributed by atoms with Crippen LogP contribution in [0.4, 0.5) is 0 Å². The van der Waals surface area contributed by atoms with Gasteiger partial charge < -0.3 is 34.3 Å². The second-order valence-electron chi connectivity index (χ2n) is 5.32. The van der Waals surface area contributed by atoms with Gasteiger partial charge in [-0.2, -0.15) is 0 Å². The Bertz CT molecular complexity index is 533. The first kappa shape index (κ1) is 25.5. The summed E-state index contributed by atoms with van der Waals surface area (Å²) in [6.45, 7) is 3.15. The molecule has 0 fully saturated rings. The Morgan fingerprint density at radius 2 is 1.59 bits per heavy atom. The average molecular weight is 497 g/mol. The Labute approximate surface area is 179 Å². The molecule has 1 aromatic carbocycles. The van der Waals surface area contributed by atoms with Crippen molar-refractivity contribution in [3.63, 3.8) is 0 Å². The number of ether oxygens (including phenoxy) is 5. The van der Waals surface area contributed by atoms with Gasteiger partial charge in [-0.3, -0.25) is 4.99 Å². The van der Waals surface area contributed by atoms with Crippen LogP contribution in [0.3, 0.4) is 0 Å². The number of rotatable bonds is 12. The lowest BCUT2D eigenvalue weighted by Gasteiger charge is -2.17. The Morgan fingerprint density at radius 3 is 2.11 bits per heavy atom. The molecule has 0 unspecified atom stereocenters. The Kier molecular flexibility index (Phi) is 14.7. The van der Waals surface area contributed by atoms with E-state index < -0.39 is 0 Å². The highest BCUT2D eigenvalue weighted by molar-refractivity contribution is 14.0. The molecule has 0 radical (unpaired) electrons. The fraction of sp³-hybridized carbons (Fsp3) is 0.611. The van der Waals surface area contributed by atoms with E-state index in [4.69, 9.17) is 23.7 Å². The molecule has 0 aliphatic rings. The lowest BCUT2D eigenvalue weighted by atomic mass is 10.1. The van der Waals surface area contributed by atoms with Gasteiger partial charge in [-0.15, -0.1) is 24.0 Å². The van der Waals surface area contributed by atoms with Crippen LogP contribution in [0.5, 0.6) is 17.2 Å². The summed E-state index contributed by atoms with van der Waals surface area (Å²) in [6.07, 6.45) is 0.875. The molecular weight excluding hydrogens is 465 g/mol. The van der Waals surface area contributed by atoms with E-state index in [2.05, 4.69) is 15.6 Å². The van der Waals surface area contributed by atoms with Gasteiger partial charge >= 0.3 is 0 Å². The molecule has 0 spiro atoms. The van der Waals surface area contributed by atoms with Gasteiger partial charge in [-0.05, 0) is 6.42 Å². The minimum absolute atomic E-state index is 0. The Morgan fingerprint density at radius 1 is 0.926 bits per heavy atom. The summed E-state index contributed by atoms with van der Waals surface area (Å²) in [6, 6.07) is 3.65. The first-order valence-corrected chi connectivity index (χ1v) is 8.50. The topological polar surface area (TPSA) is 82.6 Å². The number of halogens is 1. The number of aliphatic imine (C=N–C) groups is 1. The van der Waals surface area contributed by atoms with Gasteiger partial charge in [0.2, 0.25) is 0 Å². The number of hydrogen-bond acceptors (Lipinski definition) is 6. The van der Waals surface area contributed by atoms with Crippen molar-refractivity contribution in [2.45, 2.75) is 13.0 Å². The molecule has 0 aromatic heterocycles. The summed E-state index contributed by atoms with van der Waals surface area (Å²) in [4.78, 5) is 4.22. The van der Waals surface area contributed by atoms with Crippen LogP contribution in [-0.2, 0) is 16.0 Å². The van der Waals surface area contributed by atoms with Crippen molar-refractivity contribution >= 4 is 29.9 Å². The number of hydrogen-bond donors (Lipinski definition) is 2. The molecule has 0 saturated heterocycles. The van der Waals surface area contributed by atoms with Crippen molar-refractivity contribution < 1.29 is 23.7 Å². The maximum absolute atomic E-state index is 5.45. The minimum Gasteiger partial charge on any atom is -0.496 e. The minimum atomic E-state index is 0. The molecule has 9 heteroatoms. The summed E-state index contributed by atoms with van der Waals surface area (Å²) >= 11 is 0. The number of nitrogens with zero attached hydrogens (tertiary/aromatic N) is 1. The Hall–Kier alpha value is -1.46. The van der Waals surface area contributed by atoms with Gasteiger partial charge in [0.05, 0.1) is 46.7 Å². The third-order valence-corrected chi connectivity index (χ3v) is 3.66. The van der Waals surface area contributed by atoms with E-state index in [0.717, 1.165) is 18.5 Å². The van der Waals surface area contributed by atoms with Gasteiger partial charge in [-0.1, -0.05) is 0 Å². The van der Waals surface area contributed by atoms with Gasteiger partial charge in [0.15, 0.2) is 5.96 Å². The van der Waals surface area contributed by atoms with E-state index in [1.807, 2.05) is 12.1 Å². The highest BCUT2D eigenvalue weighted by Gasteiger charge is 2.13. The van der Waals surface area contributed by atoms with Crippen LogP contribution in [0.2, 0.25) is 0 Å². The van der Waals surface area contributed by atoms with Crippen molar-refractivity contribution in [1.82, 2.24) is 10.6 Å². The zero-order chi connectivity index (χ0) is 19.2. The van der Waals surface area contributed by atoms with Crippen LogP contribution in [0.25, 0.3) is 0 Å². The highest BCUT2D eigenvalue weighted by Crippen LogP contribution is 2.33. The number of nitrogens with one attached hydrogen (secondary N) is 2. The summed E-state index contributed by atoms with van der Waals surface area (Å²) in [5, 5.41) is 6.51. The molecule has 1 aromatic rings. The van der Waals surface area contributed by atoms with E-state index >= 15 is 0 Å².